The van der Waals surface area contributed by atoms with Crippen molar-refractivity contribution in [2.75, 3.05) is 26.8 Å². The first-order chi connectivity index (χ1) is 13.2. The molecule has 2 rings (SSSR count). The van der Waals surface area contributed by atoms with Crippen LogP contribution in [0.5, 0.6) is 5.75 Å². The molecule has 0 unspecified atom stereocenters. The number of rotatable bonds is 12. The SMILES string of the molecule is COC(=O)CCN(CCCn1ccnc1)C(=O)CCCOc1ccccc1. The van der Waals surface area contributed by atoms with E-state index in [9.17, 15) is 9.59 Å². The molecule has 0 N–H and O–H groups in total. The second-order valence-electron chi connectivity index (χ2n) is 6.13. The Morgan fingerprint density at radius 3 is 2.63 bits per heavy atom. The minimum absolute atomic E-state index is 0.0289. The topological polar surface area (TPSA) is 73.7 Å². The van der Waals surface area contributed by atoms with E-state index in [1.54, 1.807) is 17.4 Å². The largest absolute Gasteiger partial charge is 0.494 e. The molecule has 0 spiro atoms. The van der Waals surface area contributed by atoms with Gasteiger partial charge in [-0.15, -0.1) is 0 Å². The van der Waals surface area contributed by atoms with E-state index in [1.165, 1.54) is 7.11 Å². The first-order valence-corrected chi connectivity index (χ1v) is 9.17. The molecule has 27 heavy (non-hydrogen) atoms. The van der Waals surface area contributed by atoms with E-state index in [-0.39, 0.29) is 18.3 Å². The minimum atomic E-state index is -0.310. The Balaban J connectivity index is 1.75. The smallest absolute Gasteiger partial charge is 0.307 e. The Kier molecular flexibility index (Phi) is 8.89. The maximum Gasteiger partial charge on any atom is 0.307 e. The highest BCUT2D eigenvalue weighted by molar-refractivity contribution is 5.77. The zero-order chi connectivity index (χ0) is 19.3. The molecule has 1 heterocycles. The van der Waals surface area contributed by atoms with Crippen LogP contribution in [-0.2, 0) is 20.9 Å². The number of hydrogen-bond donors (Lipinski definition) is 0. The molecular weight excluding hydrogens is 346 g/mol. The molecule has 0 bridgehead atoms. The number of para-hydroxylation sites is 1. The Morgan fingerprint density at radius 2 is 1.93 bits per heavy atom. The number of esters is 1. The van der Waals surface area contributed by atoms with Gasteiger partial charge in [0, 0.05) is 38.4 Å². The lowest BCUT2D eigenvalue weighted by molar-refractivity contribution is -0.141. The van der Waals surface area contributed by atoms with E-state index in [2.05, 4.69) is 9.72 Å². The second-order valence-corrected chi connectivity index (χ2v) is 6.13. The summed E-state index contributed by atoms with van der Waals surface area (Å²) in [6.45, 7) is 2.22. The number of hydrogen-bond acceptors (Lipinski definition) is 5. The van der Waals surface area contributed by atoms with Gasteiger partial charge in [-0.05, 0) is 25.0 Å². The Morgan fingerprint density at radius 1 is 1.11 bits per heavy atom. The molecule has 2 aromatic rings. The number of carbonyl (C=O) groups is 2. The Hall–Kier alpha value is -2.83. The third kappa shape index (κ3) is 7.94. The molecule has 0 saturated heterocycles. The predicted octanol–water partition coefficient (Wildman–Crippen LogP) is 2.52. The molecule has 0 aliphatic carbocycles. The van der Waals surface area contributed by atoms with Gasteiger partial charge in [0.05, 0.1) is 26.5 Å². The highest BCUT2D eigenvalue weighted by Gasteiger charge is 2.15. The average molecular weight is 373 g/mol. The molecule has 1 aromatic heterocycles. The zero-order valence-corrected chi connectivity index (χ0v) is 15.8. The van der Waals surface area contributed by atoms with E-state index in [1.807, 2.05) is 41.1 Å². The summed E-state index contributed by atoms with van der Waals surface area (Å²) >= 11 is 0. The van der Waals surface area contributed by atoms with E-state index >= 15 is 0 Å². The van der Waals surface area contributed by atoms with Gasteiger partial charge in [-0.25, -0.2) is 4.98 Å². The maximum absolute atomic E-state index is 12.5. The zero-order valence-electron chi connectivity index (χ0n) is 15.8. The van der Waals surface area contributed by atoms with Crippen LogP contribution in [0, 0.1) is 0 Å². The van der Waals surface area contributed by atoms with Gasteiger partial charge in [0.15, 0.2) is 0 Å². The van der Waals surface area contributed by atoms with Crippen molar-refractivity contribution in [2.24, 2.45) is 0 Å². The van der Waals surface area contributed by atoms with Crippen LogP contribution in [0.2, 0.25) is 0 Å². The lowest BCUT2D eigenvalue weighted by Crippen LogP contribution is -2.34. The average Bonchev–Trinajstić information content (AvgIpc) is 3.21. The van der Waals surface area contributed by atoms with Crippen LogP contribution >= 0.6 is 0 Å². The fourth-order valence-corrected chi connectivity index (χ4v) is 2.64. The monoisotopic (exact) mass is 373 g/mol. The number of benzene rings is 1. The number of imidazole rings is 1. The third-order valence-electron chi connectivity index (χ3n) is 4.12. The van der Waals surface area contributed by atoms with E-state index in [0.29, 0.717) is 32.5 Å². The molecule has 0 saturated carbocycles. The third-order valence-corrected chi connectivity index (χ3v) is 4.12. The van der Waals surface area contributed by atoms with Gasteiger partial charge in [0.1, 0.15) is 5.75 Å². The van der Waals surface area contributed by atoms with Crippen molar-refractivity contribution in [2.45, 2.75) is 32.2 Å². The predicted molar refractivity (Wildman–Crippen MR) is 101 cm³/mol. The van der Waals surface area contributed by atoms with Crippen molar-refractivity contribution < 1.29 is 19.1 Å². The molecule has 0 atom stereocenters. The molecule has 0 radical (unpaired) electrons. The number of amides is 1. The highest BCUT2D eigenvalue weighted by Crippen LogP contribution is 2.10. The van der Waals surface area contributed by atoms with Crippen LogP contribution in [0.4, 0.5) is 0 Å². The maximum atomic E-state index is 12.5. The summed E-state index contributed by atoms with van der Waals surface area (Å²) in [5.41, 5.74) is 0. The molecular formula is C20H27N3O4. The van der Waals surface area contributed by atoms with Crippen molar-refractivity contribution in [3.05, 3.63) is 49.1 Å². The number of aromatic nitrogens is 2. The van der Waals surface area contributed by atoms with Crippen LogP contribution in [0.15, 0.2) is 49.1 Å². The van der Waals surface area contributed by atoms with Crippen molar-refractivity contribution in [1.29, 1.82) is 0 Å². The molecule has 0 fully saturated rings. The molecule has 0 aliphatic heterocycles. The lowest BCUT2D eigenvalue weighted by atomic mass is 10.2. The van der Waals surface area contributed by atoms with Crippen LogP contribution in [0.3, 0.4) is 0 Å². The van der Waals surface area contributed by atoms with Crippen molar-refractivity contribution in [1.82, 2.24) is 14.5 Å². The van der Waals surface area contributed by atoms with E-state index in [4.69, 9.17) is 4.74 Å². The first-order valence-electron chi connectivity index (χ1n) is 9.17. The Labute approximate surface area is 159 Å². The van der Waals surface area contributed by atoms with Gasteiger partial charge in [-0.3, -0.25) is 9.59 Å². The quantitative estimate of drug-likeness (QED) is 0.422. The fourth-order valence-electron chi connectivity index (χ4n) is 2.64. The summed E-state index contributed by atoms with van der Waals surface area (Å²) in [4.78, 5) is 29.7. The van der Waals surface area contributed by atoms with Gasteiger partial charge in [0.25, 0.3) is 0 Å². The van der Waals surface area contributed by atoms with Gasteiger partial charge in [-0.1, -0.05) is 18.2 Å². The van der Waals surface area contributed by atoms with Crippen LogP contribution in [0.25, 0.3) is 0 Å². The fraction of sp³-hybridized carbons (Fsp3) is 0.450. The molecule has 7 heteroatoms. The summed E-state index contributed by atoms with van der Waals surface area (Å²) in [5.74, 6) is 0.517. The van der Waals surface area contributed by atoms with E-state index in [0.717, 1.165) is 18.7 Å². The summed E-state index contributed by atoms with van der Waals surface area (Å²) in [7, 11) is 1.36. The standard InChI is InChI=1S/C20H27N3O4/c1-26-20(25)10-14-23(13-6-12-22-15-11-21-17-22)19(24)9-5-16-27-18-7-3-2-4-8-18/h2-4,7-8,11,15,17H,5-6,9-10,12-14,16H2,1H3. The number of carbonyl (C=O) groups excluding carboxylic acids is 2. The highest BCUT2D eigenvalue weighted by atomic mass is 16.5. The van der Waals surface area contributed by atoms with Crippen LogP contribution < -0.4 is 4.74 Å². The van der Waals surface area contributed by atoms with Crippen LogP contribution in [0.1, 0.15) is 25.7 Å². The number of nitrogens with zero attached hydrogens (tertiary/aromatic N) is 3. The summed E-state index contributed by atoms with van der Waals surface area (Å²) in [6, 6.07) is 9.53. The van der Waals surface area contributed by atoms with Gasteiger partial charge >= 0.3 is 5.97 Å². The van der Waals surface area contributed by atoms with Crippen molar-refractivity contribution in [3.63, 3.8) is 0 Å². The summed E-state index contributed by atoms with van der Waals surface area (Å²) in [5, 5.41) is 0. The number of ether oxygens (including phenoxy) is 2. The Bertz CT molecular complexity index is 674. The second kappa shape index (κ2) is 11.7. The summed E-state index contributed by atoms with van der Waals surface area (Å²) in [6.07, 6.45) is 7.39. The molecule has 0 aliphatic rings. The van der Waals surface area contributed by atoms with Gasteiger partial charge < -0.3 is 18.9 Å². The molecule has 7 nitrogen and oxygen atoms in total. The molecule has 1 aromatic carbocycles. The normalized spacial score (nSPS) is 10.4. The lowest BCUT2D eigenvalue weighted by Gasteiger charge is -2.22. The summed E-state index contributed by atoms with van der Waals surface area (Å²) < 4.78 is 12.3. The number of aryl methyl sites for hydroxylation is 1. The molecule has 146 valence electrons. The van der Waals surface area contributed by atoms with Crippen molar-refractivity contribution >= 4 is 11.9 Å². The number of methoxy groups -OCH3 is 1. The van der Waals surface area contributed by atoms with E-state index < -0.39 is 0 Å². The van der Waals surface area contributed by atoms with Crippen molar-refractivity contribution in [3.8, 4) is 5.75 Å². The first kappa shape index (κ1) is 20.5. The van der Waals surface area contributed by atoms with Gasteiger partial charge in [0.2, 0.25) is 5.91 Å². The minimum Gasteiger partial charge on any atom is -0.494 e. The molecule has 1 amide bonds. The van der Waals surface area contributed by atoms with Crippen LogP contribution in [-0.4, -0.2) is 53.1 Å². The van der Waals surface area contributed by atoms with Gasteiger partial charge in [-0.2, -0.15) is 0 Å².